The average Bonchev–Trinajstić information content (AvgIpc) is 2.50. The molecule has 0 aromatic rings. The molecule has 0 aliphatic carbocycles. The predicted octanol–water partition coefficient (Wildman–Crippen LogP) is 1.40. The lowest BCUT2D eigenvalue weighted by Gasteiger charge is -2.40. The molecule has 1 N–H and O–H groups in total. The van der Waals surface area contributed by atoms with Crippen molar-refractivity contribution < 1.29 is 0 Å². The zero-order valence-corrected chi connectivity index (χ0v) is 11.8. The van der Waals surface area contributed by atoms with Crippen LogP contribution >= 0.6 is 0 Å². The Kier molecular flexibility index (Phi) is 4.45. The van der Waals surface area contributed by atoms with Crippen LogP contribution in [0.3, 0.4) is 0 Å². The molecule has 0 aromatic heterocycles. The third-order valence-electron chi connectivity index (χ3n) is 4.33. The minimum absolute atomic E-state index is 0.429. The third-order valence-corrected chi connectivity index (χ3v) is 4.33. The number of likely N-dealkylation sites (tertiary alicyclic amines) is 1. The highest BCUT2D eigenvalue weighted by molar-refractivity contribution is 4.86. The minimum Gasteiger partial charge on any atom is -0.315 e. The van der Waals surface area contributed by atoms with Crippen molar-refractivity contribution in [3.8, 4) is 0 Å². The predicted molar refractivity (Wildman–Crippen MR) is 73.4 cm³/mol. The lowest BCUT2D eigenvalue weighted by Crippen LogP contribution is -2.47. The van der Waals surface area contributed by atoms with Gasteiger partial charge < -0.3 is 10.2 Å². The monoisotopic (exact) mass is 239 g/mol. The zero-order valence-electron chi connectivity index (χ0n) is 11.8. The van der Waals surface area contributed by atoms with Crippen LogP contribution in [0.2, 0.25) is 0 Å². The molecule has 2 heterocycles. The molecule has 0 aromatic carbocycles. The molecular weight excluding hydrogens is 210 g/mol. The van der Waals surface area contributed by atoms with Crippen LogP contribution in [0.4, 0.5) is 0 Å². The fourth-order valence-electron chi connectivity index (χ4n) is 3.25. The maximum absolute atomic E-state index is 3.57. The van der Waals surface area contributed by atoms with Gasteiger partial charge in [0, 0.05) is 32.2 Å². The Bertz CT molecular complexity index is 232. The molecule has 0 radical (unpaired) electrons. The average molecular weight is 239 g/mol. The van der Waals surface area contributed by atoms with E-state index >= 15 is 0 Å². The molecular formula is C14H29N3. The van der Waals surface area contributed by atoms with E-state index < -0.39 is 0 Å². The van der Waals surface area contributed by atoms with E-state index in [-0.39, 0.29) is 0 Å². The van der Waals surface area contributed by atoms with Crippen LogP contribution in [0.5, 0.6) is 0 Å². The summed E-state index contributed by atoms with van der Waals surface area (Å²) in [6.07, 6.45) is 2.73. The molecule has 0 amide bonds. The second-order valence-corrected chi connectivity index (χ2v) is 6.48. The van der Waals surface area contributed by atoms with Gasteiger partial charge in [0.05, 0.1) is 0 Å². The quantitative estimate of drug-likeness (QED) is 0.786. The Morgan fingerprint density at radius 3 is 2.53 bits per heavy atom. The normalized spacial score (nSPS) is 29.1. The van der Waals surface area contributed by atoms with Crippen molar-refractivity contribution in [3.63, 3.8) is 0 Å². The fraction of sp³-hybridized carbons (Fsp3) is 1.00. The summed E-state index contributed by atoms with van der Waals surface area (Å²) in [7, 11) is 0. The first-order chi connectivity index (χ1) is 8.11. The summed E-state index contributed by atoms with van der Waals surface area (Å²) in [6, 6.07) is 0.831. The molecule has 2 fully saturated rings. The SMILES string of the molecule is CCN1CCC(N2CCNCC(C)(C)C2)CC1. The molecule has 2 rings (SSSR count). The highest BCUT2D eigenvalue weighted by Gasteiger charge is 2.30. The summed E-state index contributed by atoms with van der Waals surface area (Å²) < 4.78 is 0. The molecule has 0 spiro atoms. The largest absolute Gasteiger partial charge is 0.315 e. The maximum atomic E-state index is 3.57. The number of hydrogen-bond donors (Lipinski definition) is 1. The second-order valence-electron chi connectivity index (χ2n) is 6.48. The van der Waals surface area contributed by atoms with Gasteiger partial charge in [-0.05, 0) is 37.9 Å². The van der Waals surface area contributed by atoms with E-state index in [4.69, 9.17) is 0 Å². The fourth-order valence-corrected chi connectivity index (χ4v) is 3.25. The van der Waals surface area contributed by atoms with Crippen molar-refractivity contribution in [2.45, 2.75) is 39.7 Å². The van der Waals surface area contributed by atoms with Gasteiger partial charge in [0.15, 0.2) is 0 Å². The summed E-state index contributed by atoms with van der Waals surface area (Å²) in [5, 5.41) is 3.57. The number of hydrogen-bond acceptors (Lipinski definition) is 3. The Morgan fingerprint density at radius 1 is 1.18 bits per heavy atom. The zero-order chi connectivity index (χ0) is 12.3. The standard InChI is InChI=1S/C14H29N3/c1-4-16-8-5-13(6-9-16)17-10-7-15-11-14(2,3)12-17/h13,15H,4-12H2,1-3H3. The van der Waals surface area contributed by atoms with Crippen LogP contribution in [-0.4, -0.2) is 61.7 Å². The van der Waals surface area contributed by atoms with Crippen molar-refractivity contribution in [3.05, 3.63) is 0 Å². The van der Waals surface area contributed by atoms with Crippen molar-refractivity contribution in [2.75, 3.05) is 45.8 Å². The lowest BCUT2D eigenvalue weighted by molar-refractivity contribution is 0.0913. The Balaban J connectivity index is 1.88. The number of nitrogens with one attached hydrogen (secondary N) is 1. The first kappa shape index (κ1) is 13.3. The maximum Gasteiger partial charge on any atom is 0.0120 e. The second kappa shape index (κ2) is 5.68. The first-order valence-electron chi connectivity index (χ1n) is 7.28. The molecule has 0 atom stereocenters. The summed E-state index contributed by atoms with van der Waals surface area (Å²) in [6.45, 7) is 15.7. The van der Waals surface area contributed by atoms with Crippen molar-refractivity contribution in [2.24, 2.45) is 5.41 Å². The topological polar surface area (TPSA) is 18.5 Å². The van der Waals surface area contributed by atoms with Gasteiger partial charge in [-0.3, -0.25) is 4.90 Å². The van der Waals surface area contributed by atoms with E-state index in [1.54, 1.807) is 0 Å². The number of nitrogens with zero attached hydrogens (tertiary/aromatic N) is 2. The summed E-state index contributed by atoms with van der Waals surface area (Å²) in [5.41, 5.74) is 0.429. The Labute approximate surface area is 107 Å². The smallest absolute Gasteiger partial charge is 0.0120 e. The van der Waals surface area contributed by atoms with Crippen LogP contribution in [0.25, 0.3) is 0 Å². The molecule has 2 aliphatic heterocycles. The van der Waals surface area contributed by atoms with E-state index in [1.807, 2.05) is 0 Å². The minimum atomic E-state index is 0.429. The van der Waals surface area contributed by atoms with Gasteiger partial charge in [0.2, 0.25) is 0 Å². The molecule has 2 saturated heterocycles. The van der Waals surface area contributed by atoms with Crippen molar-refractivity contribution >= 4 is 0 Å². The van der Waals surface area contributed by atoms with Gasteiger partial charge in [-0.2, -0.15) is 0 Å². The van der Waals surface area contributed by atoms with Gasteiger partial charge in [0.1, 0.15) is 0 Å². The van der Waals surface area contributed by atoms with Crippen molar-refractivity contribution in [1.29, 1.82) is 0 Å². The van der Waals surface area contributed by atoms with Gasteiger partial charge >= 0.3 is 0 Å². The van der Waals surface area contributed by atoms with E-state index in [1.165, 1.54) is 45.6 Å². The summed E-state index contributed by atoms with van der Waals surface area (Å²) >= 11 is 0. The molecule has 0 unspecified atom stereocenters. The van der Waals surface area contributed by atoms with Crippen LogP contribution in [0.1, 0.15) is 33.6 Å². The van der Waals surface area contributed by atoms with Gasteiger partial charge in [-0.15, -0.1) is 0 Å². The lowest BCUT2D eigenvalue weighted by atomic mass is 9.91. The van der Waals surface area contributed by atoms with E-state index in [2.05, 4.69) is 35.9 Å². The number of rotatable bonds is 2. The van der Waals surface area contributed by atoms with Crippen molar-refractivity contribution in [1.82, 2.24) is 15.1 Å². The summed E-state index contributed by atoms with van der Waals surface area (Å²) in [4.78, 5) is 5.32. The van der Waals surface area contributed by atoms with E-state index in [9.17, 15) is 0 Å². The highest BCUT2D eigenvalue weighted by atomic mass is 15.2. The Morgan fingerprint density at radius 2 is 1.88 bits per heavy atom. The molecule has 17 heavy (non-hydrogen) atoms. The molecule has 3 nitrogen and oxygen atoms in total. The van der Waals surface area contributed by atoms with Gasteiger partial charge in [-0.1, -0.05) is 20.8 Å². The molecule has 0 saturated carbocycles. The van der Waals surface area contributed by atoms with Gasteiger partial charge in [-0.25, -0.2) is 0 Å². The van der Waals surface area contributed by atoms with Crippen LogP contribution in [-0.2, 0) is 0 Å². The van der Waals surface area contributed by atoms with Crippen LogP contribution in [0.15, 0.2) is 0 Å². The molecule has 0 bridgehead atoms. The number of piperidine rings is 1. The molecule has 3 heteroatoms. The van der Waals surface area contributed by atoms with Crippen LogP contribution in [0, 0.1) is 5.41 Å². The van der Waals surface area contributed by atoms with E-state index in [0.29, 0.717) is 5.41 Å². The molecule has 2 aliphatic rings. The molecule has 100 valence electrons. The van der Waals surface area contributed by atoms with Crippen LogP contribution < -0.4 is 5.32 Å². The third kappa shape index (κ3) is 3.67. The first-order valence-corrected chi connectivity index (χ1v) is 7.28. The van der Waals surface area contributed by atoms with Gasteiger partial charge in [0.25, 0.3) is 0 Å². The summed E-state index contributed by atoms with van der Waals surface area (Å²) in [5.74, 6) is 0. The highest BCUT2D eigenvalue weighted by Crippen LogP contribution is 2.23. The van der Waals surface area contributed by atoms with E-state index in [0.717, 1.165) is 19.1 Å². The Hall–Kier alpha value is -0.120.